The maximum Gasteiger partial charge on any atom is 0.410 e. The number of carbonyl (C=O) groups is 5. The molecule has 0 spiro atoms. The fourth-order valence-electron chi connectivity index (χ4n) is 6.40. The van der Waals surface area contributed by atoms with E-state index in [2.05, 4.69) is 15.4 Å². The summed E-state index contributed by atoms with van der Waals surface area (Å²) < 4.78 is 38.7. The monoisotopic (exact) mass is 751 g/mol. The number of benzene rings is 1. The first-order valence-corrected chi connectivity index (χ1v) is 19.7. The smallest absolute Gasteiger partial charge is 0.410 e. The Bertz CT molecular complexity index is 1460. The number of likely N-dealkylation sites (tertiary alicyclic amines) is 2. The molecule has 0 bridgehead atoms. The molecule has 2 aliphatic rings. The molecule has 0 saturated carbocycles. The molecule has 2 saturated heterocycles. The summed E-state index contributed by atoms with van der Waals surface area (Å²) in [6, 6.07) is 4.69. The highest BCUT2D eigenvalue weighted by Gasteiger charge is 2.31. The number of amides is 4. The number of ether oxygens (including phenoxy) is 2. The first kappa shape index (κ1) is 42.5. The molecule has 4 N–H and O–H groups in total. The number of carboxylic acid groups (broad SMARTS) is 1. The summed E-state index contributed by atoms with van der Waals surface area (Å²) >= 11 is 0. The van der Waals surface area contributed by atoms with Gasteiger partial charge in [0, 0.05) is 38.6 Å². The van der Waals surface area contributed by atoms with E-state index in [1.165, 1.54) is 17.0 Å². The second-order valence-electron chi connectivity index (χ2n) is 14.7. The molecule has 15 nitrogen and oxygen atoms in total. The first-order valence-electron chi connectivity index (χ1n) is 18.2. The van der Waals surface area contributed by atoms with Gasteiger partial charge in [0.1, 0.15) is 11.6 Å². The van der Waals surface area contributed by atoms with Crippen LogP contribution in [0.1, 0.15) is 84.6 Å². The zero-order valence-corrected chi connectivity index (χ0v) is 32.0. The van der Waals surface area contributed by atoms with Gasteiger partial charge in [-0.25, -0.2) is 18.0 Å². The van der Waals surface area contributed by atoms with Crippen LogP contribution in [0.3, 0.4) is 0 Å². The van der Waals surface area contributed by atoms with Crippen LogP contribution in [0.15, 0.2) is 29.2 Å². The second-order valence-corrected chi connectivity index (χ2v) is 16.5. The number of aryl methyl sites for hydroxylation is 1. The number of hydrogen-bond acceptors (Lipinski definition) is 9. The van der Waals surface area contributed by atoms with Crippen molar-refractivity contribution in [3.8, 4) is 0 Å². The molecule has 2 heterocycles. The minimum Gasteiger partial charge on any atom is -0.465 e. The number of nitrogens with zero attached hydrogens (tertiary/aromatic N) is 2. The van der Waals surface area contributed by atoms with Crippen molar-refractivity contribution in [3.63, 3.8) is 0 Å². The highest BCUT2D eigenvalue weighted by molar-refractivity contribution is 7.89. The first-order chi connectivity index (χ1) is 24.5. The van der Waals surface area contributed by atoms with Crippen molar-refractivity contribution in [1.29, 1.82) is 0 Å². The predicted octanol–water partition coefficient (Wildman–Crippen LogP) is 3.65. The quantitative estimate of drug-likeness (QED) is 0.181. The van der Waals surface area contributed by atoms with Crippen LogP contribution < -0.4 is 15.4 Å². The fraction of sp³-hybridized carbons (Fsp3) is 0.694. The average molecular weight is 752 g/mol. The molecule has 292 valence electrons. The van der Waals surface area contributed by atoms with Gasteiger partial charge in [-0.05, 0) is 110 Å². The Morgan fingerprint density at radius 1 is 0.885 bits per heavy atom. The SMILES string of the molecule is CCOC(=O)[C@H](CNC(=O)CNC(=O)C(CCC1CCN(C(=O)O)CC1)CCC1CCN(C(=O)OC(C)(C)C)CC1)NS(=O)(=O)c1ccc(C)cc1. The third-order valence-corrected chi connectivity index (χ3v) is 11.0. The van der Waals surface area contributed by atoms with Gasteiger partial charge in [-0.2, -0.15) is 4.72 Å². The summed E-state index contributed by atoms with van der Waals surface area (Å²) in [5, 5.41) is 14.5. The minimum absolute atomic E-state index is 0.00844. The fourth-order valence-corrected chi connectivity index (χ4v) is 7.59. The highest BCUT2D eigenvalue weighted by Crippen LogP contribution is 2.29. The van der Waals surface area contributed by atoms with Gasteiger partial charge >= 0.3 is 18.2 Å². The van der Waals surface area contributed by atoms with Gasteiger partial charge in [0.2, 0.25) is 21.8 Å². The summed E-state index contributed by atoms with van der Waals surface area (Å²) in [6.07, 6.45) is 4.46. The van der Waals surface area contributed by atoms with Crippen molar-refractivity contribution in [2.24, 2.45) is 17.8 Å². The Labute approximate surface area is 307 Å². The van der Waals surface area contributed by atoms with Crippen LogP contribution in [-0.4, -0.2) is 111 Å². The molecule has 52 heavy (non-hydrogen) atoms. The van der Waals surface area contributed by atoms with Gasteiger partial charge < -0.3 is 35.0 Å². The van der Waals surface area contributed by atoms with Gasteiger partial charge in [0.05, 0.1) is 18.0 Å². The maximum absolute atomic E-state index is 13.5. The lowest BCUT2D eigenvalue weighted by atomic mass is 9.84. The molecule has 1 unspecified atom stereocenters. The Balaban J connectivity index is 1.56. The lowest BCUT2D eigenvalue weighted by Gasteiger charge is -2.34. The minimum atomic E-state index is -4.11. The van der Waals surface area contributed by atoms with Crippen molar-refractivity contribution in [2.75, 3.05) is 45.9 Å². The number of esters is 1. The normalized spacial score (nSPS) is 17.2. The Kier molecular flexibility index (Phi) is 16.2. The predicted molar refractivity (Wildman–Crippen MR) is 193 cm³/mol. The van der Waals surface area contributed by atoms with E-state index in [9.17, 15) is 37.5 Å². The van der Waals surface area contributed by atoms with Crippen molar-refractivity contribution >= 4 is 40.0 Å². The molecule has 1 aromatic carbocycles. The molecular formula is C36H57N5O10S. The number of rotatable bonds is 16. The van der Waals surface area contributed by atoms with Gasteiger partial charge in [0.15, 0.2) is 0 Å². The lowest BCUT2D eigenvalue weighted by molar-refractivity contribution is -0.145. The molecular weight excluding hydrogens is 694 g/mol. The van der Waals surface area contributed by atoms with E-state index in [0.29, 0.717) is 44.9 Å². The van der Waals surface area contributed by atoms with Crippen LogP contribution in [0.2, 0.25) is 0 Å². The second kappa shape index (κ2) is 19.8. The number of piperidine rings is 2. The summed E-state index contributed by atoms with van der Waals surface area (Å²) in [4.78, 5) is 65.9. The topological polar surface area (TPSA) is 201 Å². The van der Waals surface area contributed by atoms with E-state index in [0.717, 1.165) is 44.1 Å². The number of nitrogens with one attached hydrogen (secondary N) is 3. The van der Waals surface area contributed by atoms with Crippen LogP contribution >= 0.6 is 0 Å². The number of sulfonamides is 1. The molecule has 2 aliphatic heterocycles. The van der Waals surface area contributed by atoms with Gasteiger partial charge in [-0.15, -0.1) is 0 Å². The van der Waals surface area contributed by atoms with E-state index < -0.39 is 39.6 Å². The van der Waals surface area contributed by atoms with E-state index in [1.54, 1.807) is 24.0 Å². The molecule has 0 radical (unpaired) electrons. The van der Waals surface area contributed by atoms with Crippen LogP contribution in [0.5, 0.6) is 0 Å². The highest BCUT2D eigenvalue weighted by atomic mass is 32.2. The molecule has 4 amide bonds. The van der Waals surface area contributed by atoms with Crippen LogP contribution in [0.25, 0.3) is 0 Å². The lowest BCUT2D eigenvalue weighted by Crippen LogP contribution is -2.50. The van der Waals surface area contributed by atoms with Crippen molar-refractivity contribution in [1.82, 2.24) is 25.2 Å². The van der Waals surface area contributed by atoms with Crippen molar-refractivity contribution in [2.45, 2.75) is 103 Å². The van der Waals surface area contributed by atoms with Crippen LogP contribution in [-0.2, 0) is 33.9 Å². The Hall–Kier alpha value is -3.92. The largest absolute Gasteiger partial charge is 0.465 e. The maximum atomic E-state index is 13.5. The summed E-state index contributed by atoms with van der Waals surface area (Å²) in [7, 11) is -4.11. The van der Waals surface area contributed by atoms with E-state index in [-0.39, 0.29) is 48.4 Å². The Morgan fingerprint density at radius 2 is 1.42 bits per heavy atom. The molecule has 3 rings (SSSR count). The van der Waals surface area contributed by atoms with Gasteiger partial charge in [0.25, 0.3) is 0 Å². The molecule has 1 aromatic rings. The molecule has 16 heteroatoms. The van der Waals surface area contributed by atoms with Gasteiger partial charge in [-0.1, -0.05) is 17.7 Å². The third kappa shape index (κ3) is 14.2. The van der Waals surface area contributed by atoms with E-state index in [1.807, 2.05) is 27.7 Å². The summed E-state index contributed by atoms with van der Waals surface area (Å²) in [5.74, 6) is -1.52. The third-order valence-electron chi connectivity index (χ3n) is 9.50. The zero-order chi connectivity index (χ0) is 38.5. The van der Waals surface area contributed by atoms with Crippen LogP contribution in [0, 0.1) is 24.7 Å². The van der Waals surface area contributed by atoms with Crippen molar-refractivity contribution < 1.29 is 47.0 Å². The summed E-state index contributed by atoms with van der Waals surface area (Å²) in [5.41, 5.74) is 0.288. The van der Waals surface area contributed by atoms with E-state index >= 15 is 0 Å². The zero-order valence-electron chi connectivity index (χ0n) is 31.1. The summed E-state index contributed by atoms with van der Waals surface area (Å²) in [6.45, 7) is 10.2. The number of hydrogen-bond donors (Lipinski definition) is 4. The molecule has 2 fully saturated rings. The Morgan fingerprint density at radius 3 is 1.92 bits per heavy atom. The average Bonchev–Trinajstić information content (AvgIpc) is 3.09. The molecule has 0 aliphatic carbocycles. The molecule has 0 aromatic heterocycles. The van der Waals surface area contributed by atoms with Crippen molar-refractivity contribution in [3.05, 3.63) is 29.8 Å². The molecule has 2 atom stereocenters. The van der Waals surface area contributed by atoms with Crippen LogP contribution in [0.4, 0.5) is 9.59 Å². The van der Waals surface area contributed by atoms with E-state index in [4.69, 9.17) is 9.47 Å². The standard InChI is InChI=1S/C36H57N5O10S/c1-6-50-33(44)30(39-52(48,49)29-13-7-25(2)8-14-29)23-37-31(42)24-38-32(43)28(11-9-26-15-19-40(20-16-26)34(45)46)12-10-27-17-21-41(22-18-27)35(47)51-36(3,4)5/h7-8,13-14,26-28,30,39H,6,9-12,15-24H2,1-5H3,(H,37,42)(H,38,43)(H,45,46)/t28?,30-/m0/s1. The number of carbonyl (C=O) groups excluding carboxylic acids is 4. The van der Waals surface area contributed by atoms with Gasteiger partial charge in [-0.3, -0.25) is 14.4 Å².